The summed E-state index contributed by atoms with van der Waals surface area (Å²) in [5.74, 6) is 1.57. The first-order valence-electron chi connectivity index (χ1n) is 9.37. The van der Waals surface area contributed by atoms with Gasteiger partial charge in [0.2, 0.25) is 0 Å². The number of para-hydroxylation sites is 1. The third-order valence-electron chi connectivity index (χ3n) is 4.59. The van der Waals surface area contributed by atoms with Crippen LogP contribution < -0.4 is 11.1 Å². The number of nitrogens with zero attached hydrogens (tertiary/aromatic N) is 3. The van der Waals surface area contributed by atoms with Gasteiger partial charge in [-0.15, -0.1) is 0 Å². The number of nitrogens with one attached hydrogen (secondary N) is 1. The van der Waals surface area contributed by atoms with Crippen LogP contribution in [0.15, 0.2) is 71.4 Å². The Morgan fingerprint density at radius 3 is 2.63 bits per heavy atom. The Bertz CT molecular complexity index is 992. The number of fused-ring (bicyclic) bond motifs is 1. The SMILES string of the molecule is NCCCC1=NCCC(Nc2nc(-c3ccccc3)nc3ccccc23)=C1. The largest absolute Gasteiger partial charge is 0.343 e. The number of anilines is 1. The summed E-state index contributed by atoms with van der Waals surface area (Å²) >= 11 is 0. The fraction of sp³-hybridized carbons (Fsp3) is 0.227. The van der Waals surface area contributed by atoms with Gasteiger partial charge in [0.05, 0.1) is 5.52 Å². The number of rotatable bonds is 6. The van der Waals surface area contributed by atoms with Crippen LogP contribution in [0, 0.1) is 0 Å². The van der Waals surface area contributed by atoms with Crippen LogP contribution in [-0.4, -0.2) is 28.8 Å². The second kappa shape index (κ2) is 8.10. The van der Waals surface area contributed by atoms with Crippen molar-refractivity contribution in [2.45, 2.75) is 19.3 Å². The van der Waals surface area contributed by atoms with Gasteiger partial charge in [-0.3, -0.25) is 4.99 Å². The van der Waals surface area contributed by atoms with Gasteiger partial charge in [0.15, 0.2) is 5.82 Å². The van der Waals surface area contributed by atoms with Crippen LogP contribution >= 0.6 is 0 Å². The molecule has 5 heteroatoms. The molecule has 0 atom stereocenters. The summed E-state index contributed by atoms with van der Waals surface area (Å²) in [5.41, 5.74) is 9.82. The molecule has 3 aromatic rings. The Kier molecular flexibility index (Phi) is 5.21. The standard InChI is InChI=1S/C22H23N5/c23-13-6-9-17-15-18(12-14-24-17)25-22-19-10-4-5-11-20(19)26-21(27-22)16-7-2-1-3-8-16/h1-5,7-8,10-11,15H,6,9,12-14,23H2,(H,25,26,27). The number of aromatic nitrogens is 2. The molecule has 0 saturated carbocycles. The normalized spacial score (nSPS) is 14.0. The first-order chi connectivity index (χ1) is 13.3. The molecule has 4 rings (SSSR count). The van der Waals surface area contributed by atoms with E-state index in [9.17, 15) is 0 Å². The minimum Gasteiger partial charge on any atom is -0.343 e. The number of allylic oxidation sites excluding steroid dienone is 1. The lowest BCUT2D eigenvalue weighted by Gasteiger charge is -2.17. The van der Waals surface area contributed by atoms with Crippen LogP contribution in [0.5, 0.6) is 0 Å². The molecule has 5 nitrogen and oxygen atoms in total. The Morgan fingerprint density at radius 2 is 1.78 bits per heavy atom. The van der Waals surface area contributed by atoms with Crippen molar-refractivity contribution in [3.63, 3.8) is 0 Å². The second-order valence-electron chi connectivity index (χ2n) is 6.59. The van der Waals surface area contributed by atoms with Crippen LogP contribution in [0.25, 0.3) is 22.3 Å². The van der Waals surface area contributed by atoms with E-state index in [-0.39, 0.29) is 0 Å². The average Bonchev–Trinajstić information content (AvgIpc) is 2.73. The Labute approximate surface area is 159 Å². The summed E-state index contributed by atoms with van der Waals surface area (Å²) in [6.45, 7) is 1.49. The molecular formula is C22H23N5. The second-order valence-corrected chi connectivity index (χ2v) is 6.59. The minimum absolute atomic E-state index is 0.687. The molecule has 3 N–H and O–H groups in total. The maximum Gasteiger partial charge on any atom is 0.162 e. The lowest BCUT2D eigenvalue weighted by Crippen LogP contribution is -2.13. The van der Waals surface area contributed by atoms with Crippen molar-refractivity contribution in [2.75, 3.05) is 18.4 Å². The number of aliphatic imine (C=N–C) groups is 1. The fourth-order valence-corrected chi connectivity index (χ4v) is 3.21. The maximum absolute atomic E-state index is 5.63. The van der Waals surface area contributed by atoms with E-state index in [1.807, 2.05) is 48.5 Å². The third-order valence-corrected chi connectivity index (χ3v) is 4.59. The molecule has 136 valence electrons. The van der Waals surface area contributed by atoms with Crippen molar-refractivity contribution in [3.8, 4) is 11.4 Å². The predicted octanol–water partition coefficient (Wildman–Crippen LogP) is 4.18. The average molecular weight is 357 g/mol. The topological polar surface area (TPSA) is 76.2 Å². The van der Waals surface area contributed by atoms with E-state index in [2.05, 4.69) is 22.5 Å². The zero-order valence-electron chi connectivity index (χ0n) is 15.2. The number of hydrogen-bond acceptors (Lipinski definition) is 5. The van der Waals surface area contributed by atoms with Gasteiger partial charge in [-0.05, 0) is 37.6 Å². The molecule has 0 fully saturated rings. The summed E-state index contributed by atoms with van der Waals surface area (Å²) < 4.78 is 0. The molecule has 1 aliphatic rings. The summed E-state index contributed by atoms with van der Waals surface area (Å²) in [5, 5.41) is 4.56. The highest BCUT2D eigenvalue weighted by Crippen LogP contribution is 2.26. The smallest absolute Gasteiger partial charge is 0.162 e. The quantitative estimate of drug-likeness (QED) is 0.694. The molecule has 0 spiro atoms. The zero-order chi connectivity index (χ0) is 18.5. The summed E-state index contributed by atoms with van der Waals surface area (Å²) in [6, 6.07) is 18.2. The molecular weight excluding hydrogens is 334 g/mol. The van der Waals surface area contributed by atoms with Crippen molar-refractivity contribution in [1.29, 1.82) is 0 Å². The van der Waals surface area contributed by atoms with Crippen LogP contribution in [0.1, 0.15) is 19.3 Å². The van der Waals surface area contributed by atoms with Gasteiger partial charge < -0.3 is 11.1 Å². The highest BCUT2D eigenvalue weighted by atomic mass is 15.0. The molecule has 2 heterocycles. The van der Waals surface area contributed by atoms with Gasteiger partial charge in [-0.25, -0.2) is 9.97 Å². The summed E-state index contributed by atoms with van der Waals surface area (Å²) in [7, 11) is 0. The number of hydrogen-bond donors (Lipinski definition) is 2. The monoisotopic (exact) mass is 357 g/mol. The molecule has 0 aliphatic carbocycles. The Balaban J connectivity index is 1.70. The molecule has 27 heavy (non-hydrogen) atoms. The summed E-state index contributed by atoms with van der Waals surface area (Å²) in [4.78, 5) is 14.2. The van der Waals surface area contributed by atoms with E-state index in [1.165, 1.54) is 0 Å². The predicted molar refractivity (Wildman–Crippen MR) is 112 cm³/mol. The first-order valence-corrected chi connectivity index (χ1v) is 9.37. The third kappa shape index (κ3) is 4.04. The van der Waals surface area contributed by atoms with E-state index in [1.54, 1.807) is 0 Å². The maximum atomic E-state index is 5.63. The van der Waals surface area contributed by atoms with Crippen LogP contribution in [0.2, 0.25) is 0 Å². The van der Waals surface area contributed by atoms with Crippen LogP contribution in [0.4, 0.5) is 5.82 Å². The van der Waals surface area contributed by atoms with Crippen molar-refractivity contribution >= 4 is 22.4 Å². The molecule has 2 aromatic carbocycles. The number of benzene rings is 2. The molecule has 0 radical (unpaired) electrons. The molecule has 0 unspecified atom stereocenters. The minimum atomic E-state index is 0.687. The molecule has 0 amide bonds. The highest BCUT2D eigenvalue weighted by Gasteiger charge is 2.12. The molecule has 1 aliphatic heterocycles. The van der Waals surface area contributed by atoms with Gasteiger partial charge in [0.25, 0.3) is 0 Å². The summed E-state index contributed by atoms with van der Waals surface area (Å²) in [6.07, 6.45) is 4.89. The van der Waals surface area contributed by atoms with Gasteiger partial charge in [-0.2, -0.15) is 0 Å². The lowest BCUT2D eigenvalue weighted by atomic mass is 10.1. The molecule has 1 aromatic heterocycles. The zero-order valence-corrected chi connectivity index (χ0v) is 15.2. The first kappa shape index (κ1) is 17.4. The van der Waals surface area contributed by atoms with E-state index in [0.29, 0.717) is 6.54 Å². The van der Waals surface area contributed by atoms with Crippen molar-refractivity contribution in [2.24, 2.45) is 10.7 Å². The van der Waals surface area contributed by atoms with E-state index in [0.717, 1.165) is 65.3 Å². The van der Waals surface area contributed by atoms with Crippen molar-refractivity contribution in [1.82, 2.24) is 9.97 Å². The fourth-order valence-electron chi connectivity index (χ4n) is 3.21. The Hall–Kier alpha value is -3.05. The van der Waals surface area contributed by atoms with Crippen LogP contribution in [0.3, 0.4) is 0 Å². The van der Waals surface area contributed by atoms with Gasteiger partial charge >= 0.3 is 0 Å². The van der Waals surface area contributed by atoms with E-state index in [4.69, 9.17) is 15.7 Å². The van der Waals surface area contributed by atoms with Gasteiger partial charge in [-0.1, -0.05) is 42.5 Å². The lowest BCUT2D eigenvalue weighted by molar-refractivity contribution is 0.857. The highest BCUT2D eigenvalue weighted by molar-refractivity contribution is 5.97. The number of nitrogens with two attached hydrogens (primary N) is 1. The molecule has 0 bridgehead atoms. The van der Waals surface area contributed by atoms with Gasteiger partial charge in [0.1, 0.15) is 5.82 Å². The van der Waals surface area contributed by atoms with Crippen molar-refractivity contribution < 1.29 is 0 Å². The van der Waals surface area contributed by atoms with Crippen LogP contribution in [-0.2, 0) is 0 Å². The van der Waals surface area contributed by atoms with E-state index < -0.39 is 0 Å². The number of dihydropyridines is 1. The van der Waals surface area contributed by atoms with E-state index >= 15 is 0 Å². The molecule has 0 saturated heterocycles. The van der Waals surface area contributed by atoms with Gasteiger partial charge in [0, 0.05) is 35.3 Å². The van der Waals surface area contributed by atoms with Crippen molar-refractivity contribution in [3.05, 3.63) is 66.4 Å². The Morgan fingerprint density at radius 1 is 0.963 bits per heavy atom.